The highest BCUT2D eigenvalue weighted by Crippen LogP contribution is 2.36. The van der Waals surface area contributed by atoms with E-state index in [9.17, 15) is 14.0 Å². The number of amides is 1. The quantitative estimate of drug-likeness (QED) is 0.787. The maximum absolute atomic E-state index is 13.9. The third-order valence-corrected chi connectivity index (χ3v) is 3.82. The third-order valence-electron chi connectivity index (χ3n) is 3.28. The van der Waals surface area contributed by atoms with Crippen LogP contribution >= 0.6 is 23.2 Å². The summed E-state index contributed by atoms with van der Waals surface area (Å²) < 4.78 is 13.9. The molecule has 1 aliphatic rings. The average Bonchev–Trinajstić information content (AvgIpc) is 2.68. The van der Waals surface area contributed by atoms with Crippen LogP contribution in [0, 0.1) is 5.82 Å². The van der Waals surface area contributed by atoms with Gasteiger partial charge in [0, 0.05) is 10.6 Å². The first kappa shape index (κ1) is 14.0. The van der Waals surface area contributed by atoms with E-state index in [0.717, 1.165) is 6.07 Å². The molecule has 0 aliphatic carbocycles. The Morgan fingerprint density at radius 1 is 1.10 bits per heavy atom. The Kier molecular flexibility index (Phi) is 3.43. The van der Waals surface area contributed by atoms with Crippen LogP contribution in [0.3, 0.4) is 0 Å². The summed E-state index contributed by atoms with van der Waals surface area (Å²) in [6.45, 7) is -0.0791. The number of carbonyl (C=O) groups is 2. The molecule has 106 valence electrons. The monoisotopic (exact) mass is 323 g/mol. The summed E-state index contributed by atoms with van der Waals surface area (Å²) in [6.07, 6.45) is 0. The second-order valence-electron chi connectivity index (χ2n) is 4.59. The van der Waals surface area contributed by atoms with Crippen molar-refractivity contribution in [1.29, 1.82) is 0 Å². The van der Waals surface area contributed by atoms with Gasteiger partial charge in [0.15, 0.2) is 0 Å². The molecule has 21 heavy (non-hydrogen) atoms. The Hall–Kier alpha value is -1.91. The van der Waals surface area contributed by atoms with Crippen LogP contribution in [-0.4, -0.2) is 11.7 Å². The molecule has 0 unspecified atom stereocenters. The molecule has 1 amide bonds. The third kappa shape index (κ3) is 2.30. The van der Waals surface area contributed by atoms with E-state index in [1.165, 1.54) is 23.1 Å². The molecule has 0 atom stereocenters. The van der Waals surface area contributed by atoms with E-state index in [1.807, 2.05) is 0 Å². The standard InChI is InChI=1S/C15H8Cl2FNO2/c16-9-5-4-8(12(18)6-9)7-19-13-10(14(20)15(19)21)2-1-3-11(13)17/h1-6H,7H2. The zero-order valence-corrected chi connectivity index (χ0v) is 12.1. The van der Waals surface area contributed by atoms with Crippen molar-refractivity contribution < 1.29 is 14.0 Å². The lowest BCUT2D eigenvalue weighted by molar-refractivity contribution is -0.114. The van der Waals surface area contributed by atoms with Crippen LogP contribution in [0.4, 0.5) is 10.1 Å². The summed E-state index contributed by atoms with van der Waals surface area (Å²) in [4.78, 5) is 25.2. The van der Waals surface area contributed by atoms with Crippen molar-refractivity contribution in [2.45, 2.75) is 6.54 Å². The van der Waals surface area contributed by atoms with Crippen LogP contribution < -0.4 is 4.90 Å². The van der Waals surface area contributed by atoms with Crippen molar-refractivity contribution in [1.82, 2.24) is 0 Å². The smallest absolute Gasteiger partial charge is 0.299 e. The summed E-state index contributed by atoms with van der Waals surface area (Å²) in [5, 5.41) is 0.541. The molecule has 3 nitrogen and oxygen atoms in total. The van der Waals surface area contributed by atoms with Gasteiger partial charge in [-0.2, -0.15) is 0 Å². The average molecular weight is 324 g/mol. The molecular formula is C15H8Cl2FNO2. The molecule has 1 heterocycles. The summed E-state index contributed by atoms with van der Waals surface area (Å²) >= 11 is 11.8. The van der Waals surface area contributed by atoms with Crippen molar-refractivity contribution >= 4 is 40.6 Å². The highest BCUT2D eigenvalue weighted by atomic mass is 35.5. The predicted molar refractivity (Wildman–Crippen MR) is 78.4 cm³/mol. The molecule has 2 aromatic carbocycles. The van der Waals surface area contributed by atoms with Crippen molar-refractivity contribution in [2.75, 3.05) is 4.90 Å². The molecule has 0 fully saturated rings. The number of halogens is 3. The molecule has 3 rings (SSSR count). The Labute approximate surface area is 129 Å². The number of hydrogen-bond donors (Lipinski definition) is 0. The highest BCUT2D eigenvalue weighted by molar-refractivity contribution is 6.54. The Bertz CT molecular complexity index is 776. The normalized spacial score (nSPS) is 13.8. The van der Waals surface area contributed by atoms with Gasteiger partial charge in [0.05, 0.1) is 22.8 Å². The molecule has 2 aromatic rings. The highest BCUT2D eigenvalue weighted by Gasteiger charge is 2.37. The van der Waals surface area contributed by atoms with Gasteiger partial charge < -0.3 is 0 Å². The van der Waals surface area contributed by atoms with Gasteiger partial charge in [-0.3, -0.25) is 14.5 Å². The fraction of sp³-hybridized carbons (Fsp3) is 0.0667. The molecule has 1 aliphatic heterocycles. The van der Waals surface area contributed by atoms with E-state index >= 15 is 0 Å². The van der Waals surface area contributed by atoms with E-state index in [0.29, 0.717) is 5.69 Å². The van der Waals surface area contributed by atoms with Gasteiger partial charge in [-0.05, 0) is 24.3 Å². The second-order valence-corrected chi connectivity index (χ2v) is 5.44. The molecular weight excluding hydrogens is 316 g/mol. The number of carbonyl (C=O) groups excluding carboxylic acids is 2. The first-order valence-corrected chi connectivity index (χ1v) is 6.83. The van der Waals surface area contributed by atoms with E-state index in [2.05, 4.69) is 0 Å². The van der Waals surface area contributed by atoms with Crippen molar-refractivity contribution in [3.05, 3.63) is 63.4 Å². The minimum absolute atomic E-state index is 0.0791. The van der Waals surface area contributed by atoms with Gasteiger partial charge in [-0.25, -0.2) is 4.39 Å². The summed E-state index contributed by atoms with van der Waals surface area (Å²) in [5.41, 5.74) is 0.818. The lowest BCUT2D eigenvalue weighted by Crippen LogP contribution is -2.29. The van der Waals surface area contributed by atoms with Crippen LogP contribution in [0.1, 0.15) is 15.9 Å². The predicted octanol–water partition coefficient (Wildman–Crippen LogP) is 3.86. The number of Topliss-reactive ketones (excluding diaryl/α,β-unsaturated/α-hetero) is 1. The van der Waals surface area contributed by atoms with Gasteiger partial charge in [0.25, 0.3) is 11.7 Å². The number of benzene rings is 2. The lowest BCUT2D eigenvalue weighted by atomic mass is 10.1. The first-order valence-electron chi connectivity index (χ1n) is 6.07. The van der Waals surface area contributed by atoms with Gasteiger partial charge in [0.2, 0.25) is 0 Å². The van der Waals surface area contributed by atoms with E-state index in [1.54, 1.807) is 12.1 Å². The van der Waals surface area contributed by atoms with Crippen molar-refractivity contribution in [2.24, 2.45) is 0 Å². The van der Waals surface area contributed by atoms with Crippen LogP contribution in [0.15, 0.2) is 36.4 Å². The molecule has 0 aromatic heterocycles. The zero-order chi connectivity index (χ0) is 15.1. The Balaban J connectivity index is 2.04. The summed E-state index contributed by atoms with van der Waals surface area (Å²) in [5.74, 6) is -1.89. The largest absolute Gasteiger partial charge is 0.299 e. The number of nitrogens with zero attached hydrogens (tertiary/aromatic N) is 1. The summed E-state index contributed by atoms with van der Waals surface area (Å²) in [6, 6.07) is 8.86. The van der Waals surface area contributed by atoms with E-state index < -0.39 is 17.5 Å². The summed E-state index contributed by atoms with van der Waals surface area (Å²) in [7, 11) is 0. The molecule has 6 heteroatoms. The molecule has 0 saturated heterocycles. The van der Waals surface area contributed by atoms with Crippen molar-refractivity contribution in [3.8, 4) is 0 Å². The van der Waals surface area contributed by atoms with Gasteiger partial charge in [-0.1, -0.05) is 35.3 Å². The van der Waals surface area contributed by atoms with Crippen LogP contribution in [-0.2, 0) is 11.3 Å². The van der Waals surface area contributed by atoms with Crippen LogP contribution in [0.2, 0.25) is 10.0 Å². The Morgan fingerprint density at radius 2 is 1.86 bits per heavy atom. The SMILES string of the molecule is O=C1C(=O)N(Cc2ccc(Cl)cc2F)c2c(Cl)cccc21. The maximum atomic E-state index is 13.9. The minimum atomic E-state index is -0.715. The van der Waals surface area contributed by atoms with Gasteiger partial charge in [0.1, 0.15) is 5.82 Å². The zero-order valence-electron chi connectivity index (χ0n) is 10.6. The molecule has 0 saturated carbocycles. The fourth-order valence-electron chi connectivity index (χ4n) is 2.28. The van der Waals surface area contributed by atoms with Gasteiger partial charge >= 0.3 is 0 Å². The van der Waals surface area contributed by atoms with Crippen molar-refractivity contribution in [3.63, 3.8) is 0 Å². The first-order chi connectivity index (χ1) is 9.99. The maximum Gasteiger partial charge on any atom is 0.299 e. The second kappa shape index (κ2) is 5.13. The number of fused-ring (bicyclic) bond motifs is 1. The van der Waals surface area contributed by atoms with Crippen LogP contribution in [0.25, 0.3) is 0 Å². The molecule has 0 spiro atoms. The van der Waals surface area contributed by atoms with Gasteiger partial charge in [-0.15, -0.1) is 0 Å². The number of rotatable bonds is 2. The lowest BCUT2D eigenvalue weighted by Gasteiger charge is -2.18. The molecule has 0 bridgehead atoms. The topological polar surface area (TPSA) is 37.4 Å². The molecule has 0 radical (unpaired) electrons. The fourth-order valence-corrected chi connectivity index (χ4v) is 2.72. The number of para-hydroxylation sites is 1. The Morgan fingerprint density at radius 3 is 2.57 bits per heavy atom. The number of ketones is 1. The number of anilines is 1. The minimum Gasteiger partial charge on any atom is -0.299 e. The molecule has 0 N–H and O–H groups in total. The number of hydrogen-bond acceptors (Lipinski definition) is 2. The van der Waals surface area contributed by atoms with Crippen LogP contribution in [0.5, 0.6) is 0 Å². The van der Waals surface area contributed by atoms with E-state index in [-0.39, 0.29) is 27.7 Å². The van der Waals surface area contributed by atoms with E-state index in [4.69, 9.17) is 23.2 Å².